The minimum absolute atomic E-state index is 0.0818. The summed E-state index contributed by atoms with van der Waals surface area (Å²) < 4.78 is 4.63. The van der Waals surface area contributed by atoms with E-state index in [-0.39, 0.29) is 17.9 Å². The molecular formula is C10H10N2O5. The number of nitro benzene ring substituents is 1. The number of nitrogens with zero attached hydrogens (tertiary/aromatic N) is 2. The normalized spacial score (nSPS) is 11.0. The second-order valence-electron chi connectivity index (χ2n) is 2.94. The number of para-hydroxylation sites is 1. The standard InChI is InChI=1S/C10H10N2O5/c1-2-17-10(13)9(11-14)7-5-3-4-6-8(7)12(15)16/h3-6,14H,2H2,1H3. The topological polar surface area (TPSA) is 102 Å². The molecule has 17 heavy (non-hydrogen) atoms. The van der Waals surface area contributed by atoms with Gasteiger partial charge in [-0.15, -0.1) is 0 Å². The van der Waals surface area contributed by atoms with Crippen LogP contribution in [0.5, 0.6) is 0 Å². The fourth-order valence-corrected chi connectivity index (χ4v) is 1.24. The van der Waals surface area contributed by atoms with Crippen molar-refractivity contribution in [1.82, 2.24) is 0 Å². The Labute approximate surface area is 96.5 Å². The van der Waals surface area contributed by atoms with Crippen LogP contribution in [0, 0.1) is 10.1 Å². The zero-order chi connectivity index (χ0) is 12.8. The third kappa shape index (κ3) is 2.77. The minimum Gasteiger partial charge on any atom is -0.461 e. The lowest BCUT2D eigenvalue weighted by Crippen LogP contribution is -2.20. The van der Waals surface area contributed by atoms with E-state index >= 15 is 0 Å². The summed E-state index contributed by atoms with van der Waals surface area (Å²) in [5, 5.41) is 22.2. The fourth-order valence-electron chi connectivity index (χ4n) is 1.24. The van der Waals surface area contributed by atoms with E-state index in [2.05, 4.69) is 9.89 Å². The molecule has 1 N–H and O–H groups in total. The van der Waals surface area contributed by atoms with Crippen LogP contribution < -0.4 is 0 Å². The maximum absolute atomic E-state index is 11.4. The van der Waals surface area contributed by atoms with Crippen molar-refractivity contribution < 1.29 is 19.7 Å². The van der Waals surface area contributed by atoms with Crippen molar-refractivity contribution in [3.8, 4) is 0 Å². The highest BCUT2D eigenvalue weighted by Gasteiger charge is 2.24. The molecule has 0 aliphatic rings. The van der Waals surface area contributed by atoms with E-state index in [9.17, 15) is 14.9 Å². The third-order valence-electron chi connectivity index (χ3n) is 1.92. The van der Waals surface area contributed by atoms with Crippen LogP contribution in [0.15, 0.2) is 29.4 Å². The Bertz CT molecular complexity index is 470. The number of benzene rings is 1. The van der Waals surface area contributed by atoms with E-state index in [0.29, 0.717) is 0 Å². The summed E-state index contributed by atoms with van der Waals surface area (Å²) in [7, 11) is 0. The van der Waals surface area contributed by atoms with Crippen molar-refractivity contribution in [1.29, 1.82) is 0 Å². The molecular weight excluding hydrogens is 228 g/mol. The fraction of sp³-hybridized carbons (Fsp3) is 0.200. The van der Waals surface area contributed by atoms with E-state index in [1.54, 1.807) is 6.92 Å². The summed E-state index contributed by atoms with van der Waals surface area (Å²) in [6.45, 7) is 1.66. The third-order valence-corrected chi connectivity index (χ3v) is 1.92. The Balaban J connectivity index is 3.22. The molecule has 0 aliphatic carbocycles. The van der Waals surface area contributed by atoms with Gasteiger partial charge in [0.25, 0.3) is 5.69 Å². The van der Waals surface area contributed by atoms with E-state index in [0.717, 1.165) is 0 Å². The van der Waals surface area contributed by atoms with Crippen LogP contribution in [0.4, 0.5) is 5.69 Å². The molecule has 0 unspecified atom stereocenters. The summed E-state index contributed by atoms with van der Waals surface area (Å²) in [4.78, 5) is 21.5. The van der Waals surface area contributed by atoms with Crippen LogP contribution in [0.2, 0.25) is 0 Å². The molecule has 0 heterocycles. The van der Waals surface area contributed by atoms with Crippen molar-refractivity contribution in [3.63, 3.8) is 0 Å². The van der Waals surface area contributed by atoms with Gasteiger partial charge in [0.2, 0.25) is 5.71 Å². The van der Waals surface area contributed by atoms with Gasteiger partial charge in [-0.2, -0.15) is 0 Å². The van der Waals surface area contributed by atoms with Gasteiger partial charge in [-0.05, 0) is 13.0 Å². The van der Waals surface area contributed by atoms with E-state index in [1.165, 1.54) is 24.3 Å². The first kappa shape index (κ1) is 12.6. The van der Waals surface area contributed by atoms with Crippen LogP contribution in [-0.4, -0.2) is 28.4 Å². The summed E-state index contributed by atoms with van der Waals surface area (Å²) in [6.07, 6.45) is 0. The predicted octanol–water partition coefficient (Wildman–Crippen LogP) is 1.34. The first-order valence-electron chi connectivity index (χ1n) is 4.74. The molecule has 1 aromatic rings. The monoisotopic (exact) mass is 238 g/mol. The van der Waals surface area contributed by atoms with Crippen molar-refractivity contribution in [2.75, 3.05) is 6.61 Å². The number of carbonyl (C=O) groups is 1. The lowest BCUT2D eigenvalue weighted by Gasteiger charge is -2.04. The average molecular weight is 238 g/mol. The molecule has 0 bridgehead atoms. The zero-order valence-corrected chi connectivity index (χ0v) is 8.99. The van der Waals surface area contributed by atoms with Gasteiger partial charge >= 0.3 is 5.97 Å². The highest BCUT2D eigenvalue weighted by atomic mass is 16.6. The maximum Gasteiger partial charge on any atom is 0.361 e. The molecule has 0 aromatic heterocycles. The van der Waals surface area contributed by atoms with E-state index < -0.39 is 16.6 Å². The largest absolute Gasteiger partial charge is 0.461 e. The lowest BCUT2D eigenvalue weighted by molar-refractivity contribution is -0.385. The number of hydrogen-bond donors (Lipinski definition) is 1. The summed E-state index contributed by atoms with van der Waals surface area (Å²) in [6, 6.07) is 5.46. The van der Waals surface area contributed by atoms with Crippen molar-refractivity contribution in [2.24, 2.45) is 5.16 Å². The molecule has 0 amide bonds. The van der Waals surface area contributed by atoms with Gasteiger partial charge in [0.15, 0.2) is 0 Å². The van der Waals surface area contributed by atoms with Crippen LogP contribution >= 0.6 is 0 Å². The first-order chi connectivity index (χ1) is 8.11. The van der Waals surface area contributed by atoms with Gasteiger partial charge in [-0.3, -0.25) is 10.1 Å². The molecule has 7 nitrogen and oxygen atoms in total. The summed E-state index contributed by atoms with van der Waals surface area (Å²) >= 11 is 0. The molecule has 1 aromatic carbocycles. The molecule has 0 atom stereocenters. The van der Waals surface area contributed by atoms with Gasteiger partial charge in [-0.25, -0.2) is 4.79 Å². The van der Waals surface area contributed by atoms with Gasteiger partial charge in [0.1, 0.15) is 0 Å². The Hall–Kier alpha value is -2.44. The van der Waals surface area contributed by atoms with Crippen molar-refractivity contribution in [3.05, 3.63) is 39.9 Å². The summed E-state index contributed by atoms with van der Waals surface area (Å²) in [5.41, 5.74) is -0.897. The molecule has 0 saturated heterocycles. The molecule has 90 valence electrons. The molecule has 0 fully saturated rings. The minimum atomic E-state index is -0.913. The maximum atomic E-state index is 11.4. The number of esters is 1. The number of nitro groups is 1. The van der Waals surface area contributed by atoms with Crippen LogP contribution in [0.3, 0.4) is 0 Å². The molecule has 0 radical (unpaired) electrons. The second-order valence-corrected chi connectivity index (χ2v) is 2.94. The van der Waals surface area contributed by atoms with Gasteiger partial charge in [0, 0.05) is 6.07 Å². The molecule has 0 saturated carbocycles. The highest BCUT2D eigenvalue weighted by Crippen LogP contribution is 2.19. The Morgan fingerprint density at radius 2 is 2.18 bits per heavy atom. The highest BCUT2D eigenvalue weighted by molar-refractivity contribution is 6.44. The second kappa shape index (κ2) is 5.59. The van der Waals surface area contributed by atoms with Crippen LogP contribution in [0.25, 0.3) is 0 Å². The molecule has 0 spiro atoms. The number of oxime groups is 1. The number of ether oxygens (including phenoxy) is 1. The zero-order valence-electron chi connectivity index (χ0n) is 8.99. The lowest BCUT2D eigenvalue weighted by atomic mass is 10.1. The Morgan fingerprint density at radius 3 is 2.71 bits per heavy atom. The van der Waals surface area contributed by atoms with Gasteiger partial charge in [-0.1, -0.05) is 17.3 Å². The molecule has 0 aliphatic heterocycles. The van der Waals surface area contributed by atoms with Gasteiger partial charge < -0.3 is 9.94 Å². The predicted molar refractivity (Wildman–Crippen MR) is 58.1 cm³/mol. The van der Waals surface area contributed by atoms with Crippen molar-refractivity contribution in [2.45, 2.75) is 6.92 Å². The Kier molecular flexibility index (Phi) is 4.15. The SMILES string of the molecule is CCOC(=O)C(=NO)c1ccccc1[N+](=O)[O-]. The Morgan fingerprint density at radius 1 is 1.53 bits per heavy atom. The average Bonchev–Trinajstić information content (AvgIpc) is 2.31. The van der Waals surface area contributed by atoms with Crippen LogP contribution in [-0.2, 0) is 9.53 Å². The van der Waals surface area contributed by atoms with E-state index in [1.807, 2.05) is 0 Å². The quantitative estimate of drug-likeness (QED) is 0.280. The number of carbonyl (C=O) groups excluding carboxylic acids is 1. The number of rotatable bonds is 4. The molecule has 1 rings (SSSR count). The van der Waals surface area contributed by atoms with Crippen molar-refractivity contribution >= 4 is 17.4 Å². The number of hydrogen-bond acceptors (Lipinski definition) is 6. The van der Waals surface area contributed by atoms with E-state index in [4.69, 9.17) is 5.21 Å². The van der Waals surface area contributed by atoms with Crippen LogP contribution in [0.1, 0.15) is 12.5 Å². The summed E-state index contributed by atoms with van der Waals surface area (Å²) in [5.74, 6) is -0.913. The first-order valence-corrected chi connectivity index (χ1v) is 4.74. The van der Waals surface area contributed by atoms with Gasteiger partial charge in [0.05, 0.1) is 17.1 Å². The smallest absolute Gasteiger partial charge is 0.361 e. The molecule has 7 heteroatoms.